The van der Waals surface area contributed by atoms with E-state index in [1.807, 2.05) is 20.8 Å². The molecule has 1 aliphatic heterocycles. The average Bonchev–Trinajstić information content (AvgIpc) is 2.62. The minimum absolute atomic E-state index is 0.208. The first-order chi connectivity index (χ1) is 8.01. The molecule has 0 aromatic carbocycles. The number of carbonyl (C=O) groups excluding carboxylic acids is 1. The zero-order valence-electron chi connectivity index (χ0n) is 11.1. The highest BCUT2D eigenvalue weighted by atomic mass is 16.7. The monoisotopic (exact) mass is 244 g/mol. The van der Waals surface area contributed by atoms with Crippen molar-refractivity contribution in [3.63, 3.8) is 0 Å². The number of hydrogen-bond donors (Lipinski definition) is 1. The van der Waals surface area contributed by atoms with E-state index in [4.69, 9.17) is 15.2 Å². The molecule has 100 valence electrons. The van der Waals surface area contributed by atoms with Crippen molar-refractivity contribution in [2.45, 2.75) is 33.5 Å². The Hall–Kier alpha value is -0.650. The first-order valence-corrected chi connectivity index (χ1v) is 6.27. The van der Waals surface area contributed by atoms with Crippen LogP contribution in [0.15, 0.2) is 0 Å². The van der Waals surface area contributed by atoms with Gasteiger partial charge in [0, 0.05) is 26.3 Å². The maximum atomic E-state index is 11.3. The molecule has 0 aromatic heterocycles. The number of nitrogens with two attached hydrogens (primary N) is 1. The molecule has 5 heteroatoms. The van der Waals surface area contributed by atoms with Crippen molar-refractivity contribution in [3.8, 4) is 0 Å². The van der Waals surface area contributed by atoms with Gasteiger partial charge in [0.2, 0.25) is 5.91 Å². The van der Waals surface area contributed by atoms with Gasteiger partial charge in [-0.05, 0) is 33.7 Å². The van der Waals surface area contributed by atoms with Crippen LogP contribution in [0.1, 0.15) is 27.2 Å². The number of nitrogens with zero attached hydrogens (tertiary/aromatic N) is 1. The molecule has 0 saturated carbocycles. The average molecular weight is 244 g/mol. The van der Waals surface area contributed by atoms with Crippen LogP contribution in [-0.4, -0.2) is 49.9 Å². The van der Waals surface area contributed by atoms with Gasteiger partial charge in [0.25, 0.3) is 0 Å². The Kier molecular flexibility index (Phi) is 5.36. The fraction of sp³-hybridized carbons (Fsp3) is 0.917. The van der Waals surface area contributed by atoms with Crippen molar-refractivity contribution >= 4 is 5.91 Å². The molecule has 0 bridgehead atoms. The van der Waals surface area contributed by atoms with Gasteiger partial charge >= 0.3 is 0 Å². The lowest BCUT2D eigenvalue weighted by molar-refractivity contribution is -0.146. The zero-order valence-corrected chi connectivity index (χ0v) is 11.1. The van der Waals surface area contributed by atoms with E-state index in [0.717, 1.165) is 13.0 Å². The second-order valence-electron chi connectivity index (χ2n) is 4.75. The Morgan fingerprint density at radius 3 is 2.41 bits per heavy atom. The van der Waals surface area contributed by atoms with Crippen LogP contribution in [0.4, 0.5) is 0 Å². The van der Waals surface area contributed by atoms with E-state index in [0.29, 0.717) is 26.3 Å². The van der Waals surface area contributed by atoms with E-state index in [1.54, 1.807) is 0 Å². The Labute approximate surface area is 103 Å². The number of likely N-dealkylation sites (tertiary alicyclic amines) is 1. The lowest BCUT2D eigenvalue weighted by Gasteiger charge is -2.25. The molecule has 1 amide bonds. The minimum Gasteiger partial charge on any atom is -0.369 e. The van der Waals surface area contributed by atoms with Gasteiger partial charge in [-0.3, -0.25) is 9.69 Å². The minimum atomic E-state index is -0.400. The van der Waals surface area contributed by atoms with Crippen molar-refractivity contribution in [2.24, 2.45) is 11.1 Å². The molecule has 17 heavy (non-hydrogen) atoms. The van der Waals surface area contributed by atoms with Gasteiger partial charge in [-0.15, -0.1) is 0 Å². The Morgan fingerprint density at radius 1 is 1.41 bits per heavy atom. The third-order valence-corrected chi connectivity index (χ3v) is 3.26. The van der Waals surface area contributed by atoms with E-state index >= 15 is 0 Å². The van der Waals surface area contributed by atoms with E-state index < -0.39 is 5.41 Å². The Morgan fingerprint density at radius 2 is 2.00 bits per heavy atom. The van der Waals surface area contributed by atoms with E-state index in [9.17, 15) is 4.79 Å². The summed E-state index contributed by atoms with van der Waals surface area (Å²) in [6.45, 7) is 9.34. The number of ether oxygens (including phenoxy) is 2. The second kappa shape index (κ2) is 6.33. The second-order valence-corrected chi connectivity index (χ2v) is 4.75. The molecule has 1 heterocycles. The maximum Gasteiger partial charge on any atom is 0.224 e. The van der Waals surface area contributed by atoms with E-state index in [-0.39, 0.29) is 12.2 Å². The number of carbonyl (C=O) groups is 1. The van der Waals surface area contributed by atoms with Crippen molar-refractivity contribution in [3.05, 3.63) is 0 Å². The van der Waals surface area contributed by atoms with Crippen molar-refractivity contribution in [1.82, 2.24) is 4.90 Å². The molecule has 1 rings (SSSR count). The van der Waals surface area contributed by atoms with Crippen molar-refractivity contribution in [1.29, 1.82) is 0 Å². The highest BCUT2D eigenvalue weighted by molar-refractivity contribution is 5.81. The van der Waals surface area contributed by atoms with Gasteiger partial charge in [0.05, 0.1) is 5.41 Å². The Bertz CT molecular complexity index is 254. The van der Waals surface area contributed by atoms with Gasteiger partial charge in [-0.25, -0.2) is 0 Å². The first-order valence-electron chi connectivity index (χ1n) is 6.27. The summed E-state index contributed by atoms with van der Waals surface area (Å²) in [5, 5.41) is 0. The number of amides is 1. The van der Waals surface area contributed by atoms with Crippen LogP contribution in [0.3, 0.4) is 0 Å². The van der Waals surface area contributed by atoms with Crippen LogP contribution in [-0.2, 0) is 14.3 Å². The topological polar surface area (TPSA) is 64.8 Å². The molecule has 0 spiro atoms. The summed E-state index contributed by atoms with van der Waals surface area (Å²) in [5.41, 5.74) is 5.01. The largest absolute Gasteiger partial charge is 0.369 e. The standard InChI is InChI=1S/C12H24N2O3/c1-4-16-10(17-5-2)8-14-7-6-12(3,9-14)11(13)15/h10H,4-9H2,1-3H3,(H2,13,15). The summed E-state index contributed by atoms with van der Waals surface area (Å²) < 4.78 is 11.0. The maximum absolute atomic E-state index is 11.3. The number of rotatable bonds is 7. The number of hydrogen-bond acceptors (Lipinski definition) is 4. The molecule has 0 aliphatic carbocycles. The third kappa shape index (κ3) is 3.94. The van der Waals surface area contributed by atoms with Crippen LogP contribution < -0.4 is 5.73 Å². The lowest BCUT2D eigenvalue weighted by atomic mass is 9.89. The highest BCUT2D eigenvalue weighted by Crippen LogP contribution is 2.29. The molecule has 0 aromatic rings. The van der Waals surface area contributed by atoms with E-state index in [2.05, 4.69) is 4.90 Å². The number of primary amides is 1. The van der Waals surface area contributed by atoms with Crippen LogP contribution in [0, 0.1) is 5.41 Å². The predicted molar refractivity (Wildman–Crippen MR) is 65.4 cm³/mol. The fourth-order valence-corrected chi connectivity index (χ4v) is 2.15. The highest BCUT2D eigenvalue weighted by Gasteiger charge is 2.39. The molecule has 1 unspecified atom stereocenters. The Balaban J connectivity index is 2.45. The van der Waals surface area contributed by atoms with Gasteiger partial charge in [0.15, 0.2) is 6.29 Å². The summed E-state index contributed by atoms with van der Waals surface area (Å²) >= 11 is 0. The van der Waals surface area contributed by atoms with Gasteiger partial charge in [-0.2, -0.15) is 0 Å². The van der Waals surface area contributed by atoms with Crippen molar-refractivity contribution in [2.75, 3.05) is 32.8 Å². The normalized spacial score (nSPS) is 25.6. The van der Waals surface area contributed by atoms with Crippen LogP contribution >= 0.6 is 0 Å². The zero-order chi connectivity index (χ0) is 12.9. The summed E-state index contributed by atoms with van der Waals surface area (Å²) in [6, 6.07) is 0. The van der Waals surface area contributed by atoms with Crippen LogP contribution in [0.25, 0.3) is 0 Å². The molecular weight excluding hydrogens is 220 g/mol. The van der Waals surface area contributed by atoms with Gasteiger partial charge < -0.3 is 15.2 Å². The molecule has 1 aliphatic rings. The molecule has 0 radical (unpaired) electrons. The smallest absolute Gasteiger partial charge is 0.224 e. The van der Waals surface area contributed by atoms with Crippen molar-refractivity contribution < 1.29 is 14.3 Å². The summed E-state index contributed by atoms with van der Waals surface area (Å²) in [5.74, 6) is -0.218. The first kappa shape index (κ1) is 14.4. The SMILES string of the molecule is CCOC(CN1CCC(C)(C(N)=O)C1)OCC. The molecule has 2 N–H and O–H groups in total. The van der Waals surface area contributed by atoms with E-state index in [1.165, 1.54) is 0 Å². The van der Waals surface area contributed by atoms with Gasteiger partial charge in [0.1, 0.15) is 0 Å². The third-order valence-electron chi connectivity index (χ3n) is 3.26. The molecule has 5 nitrogen and oxygen atoms in total. The fourth-order valence-electron chi connectivity index (χ4n) is 2.15. The van der Waals surface area contributed by atoms with Crippen LogP contribution in [0.5, 0.6) is 0 Å². The summed E-state index contributed by atoms with van der Waals surface area (Å²) in [7, 11) is 0. The summed E-state index contributed by atoms with van der Waals surface area (Å²) in [6.07, 6.45) is 0.605. The molecular formula is C12H24N2O3. The molecule has 1 saturated heterocycles. The molecule has 1 fully saturated rings. The quantitative estimate of drug-likeness (QED) is 0.665. The van der Waals surface area contributed by atoms with Crippen LogP contribution in [0.2, 0.25) is 0 Å². The summed E-state index contributed by atoms with van der Waals surface area (Å²) in [4.78, 5) is 13.5. The lowest BCUT2D eigenvalue weighted by Crippen LogP contribution is -2.39. The molecule has 1 atom stereocenters. The predicted octanol–water partition coefficient (Wildman–Crippen LogP) is 0.583. The van der Waals surface area contributed by atoms with Gasteiger partial charge in [-0.1, -0.05) is 0 Å².